The average molecular weight is 508 g/mol. The van der Waals surface area contributed by atoms with Crippen molar-refractivity contribution in [1.82, 2.24) is 5.01 Å². The summed E-state index contributed by atoms with van der Waals surface area (Å²) < 4.78 is 11.7. The highest BCUT2D eigenvalue weighted by atomic mass is 32.2. The van der Waals surface area contributed by atoms with Crippen LogP contribution in [0.25, 0.3) is 6.08 Å². The maximum atomic E-state index is 12.7. The molecule has 2 aliphatic heterocycles. The molecule has 36 heavy (non-hydrogen) atoms. The van der Waals surface area contributed by atoms with Crippen molar-refractivity contribution in [1.29, 1.82) is 5.41 Å². The molecule has 2 heterocycles. The van der Waals surface area contributed by atoms with Gasteiger partial charge in [0, 0.05) is 17.7 Å². The van der Waals surface area contributed by atoms with E-state index in [-0.39, 0.29) is 35.9 Å². The number of hydrogen-bond acceptors (Lipinski definition) is 8. The van der Waals surface area contributed by atoms with E-state index in [2.05, 4.69) is 23.1 Å². The van der Waals surface area contributed by atoms with Crippen LogP contribution in [0.3, 0.4) is 0 Å². The fourth-order valence-corrected chi connectivity index (χ4v) is 4.47. The number of non-ortho nitro benzene ring substituents is 1. The standard InChI is InChI=1S/C25H25N5O5S/c1-4-16-10-15(3)11-19(12-16)34-8-9-35-21-7-6-18(30(32)33)13-17(21)14-20-23(26)29-25(27-24(20)31)36-22(5-2)28-29/h6-7,10-14,26H,4-5,8-9H2,1-3H3/b20-14-,26-23?. The Morgan fingerprint density at radius 1 is 1.14 bits per heavy atom. The van der Waals surface area contributed by atoms with E-state index in [0.717, 1.165) is 22.8 Å². The third-order valence-electron chi connectivity index (χ3n) is 5.43. The first-order valence-electron chi connectivity index (χ1n) is 11.4. The van der Waals surface area contributed by atoms with E-state index < -0.39 is 10.8 Å². The van der Waals surface area contributed by atoms with Crippen LogP contribution in [0.4, 0.5) is 5.69 Å². The van der Waals surface area contributed by atoms with Gasteiger partial charge >= 0.3 is 0 Å². The molecule has 2 aromatic rings. The van der Waals surface area contributed by atoms with Gasteiger partial charge in [-0.2, -0.15) is 15.1 Å². The molecule has 0 radical (unpaired) electrons. The zero-order valence-electron chi connectivity index (χ0n) is 20.1. The highest BCUT2D eigenvalue weighted by Crippen LogP contribution is 2.32. The first-order chi connectivity index (χ1) is 17.3. The molecular formula is C25H25N5O5S. The monoisotopic (exact) mass is 507 g/mol. The predicted octanol–water partition coefficient (Wildman–Crippen LogP) is 4.95. The second-order valence-electron chi connectivity index (χ2n) is 8.05. The van der Waals surface area contributed by atoms with Gasteiger partial charge in [-0.05, 0) is 66.9 Å². The van der Waals surface area contributed by atoms with Crippen molar-refractivity contribution in [3.63, 3.8) is 0 Å². The normalized spacial score (nSPS) is 16.1. The number of nitro benzene ring substituents is 1. The molecule has 0 saturated heterocycles. The SMILES string of the molecule is CCC1=NN2C(=N)/C(=C/c3cc([N+](=O)[O-])ccc3OCCOc3cc(C)cc(CC)c3)C(=O)N=C2S1. The minimum atomic E-state index is -0.613. The number of aryl methyl sites for hydroxylation is 2. The number of benzene rings is 2. The summed E-state index contributed by atoms with van der Waals surface area (Å²) in [6.07, 6.45) is 2.93. The lowest BCUT2D eigenvalue weighted by atomic mass is 10.1. The zero-order chi connectivity index (χ0) is 25.8. The summed E-state index contributed by atoms with van der Waals surface area (Å²) in [5.41, 5.74) is 2.36. The second kappa shape index (κ2) is 10.7. The van der Waals surface area contributed by atoms with Gasteiger partial charge in [0.25, 0.3) is 11.6 Å². The molecule has 10 nitrogen and oxygen atoms in total. The Hall–Kier alpha value is -3.99. The van der Waals surface area contributed by atoms with E-state index in [4.69, 9.17) is 14.9 Å². The molecule has 4 rings (SSSR count). The number of nitrogens with one attached hydrogen (secondary N) is 1. The van der Waals surface area contributed by atoms with Crippen LogP contribution in [-0.2, 0) is 11.2 Å². The van der Waals surface area contributed by atoms with Gasteiger partial charge in [-0.25, -0.2) is 0 Å². The van der Waals surface area contributed by atoms with Gasteiger partial charge in [-0.3, -0.25) is 20.3 Å². The van der Waals surface area contributed by atoms with Crippen LogP contribution in [0, 0.1) is 22.4 Å². The lowest BCUT2D eigenvalue weighted by Gasteiger charge is -2.20. The van der Waals surface area contributed by atoms with Crippen molar-refractivity contribution >= 4 is 45.5 Å². The maximum Gasteiger partial charge on any atom is 0.283 e. The van der Waals surface area contributed by atoms with Crippen LogP contribution in [-0.4, -0.2) is 45.1 Å². The topological polar surface area (TPSA) is 130 Å². The van der Waals surface area contributed by atoms with Crippen molar-refractivity contribution in [3.05, 3.63) is 68.8 Å². The highest BCUT2D eigenvalue weighted by Gasteiger charge is 2.35. The molecular weight excluding hydrogens is 482 g/mol. The van der Waals surface area contributed by atoms with Crippen LogP contribution in [0.5, 0.6) is 11.5 Å². The number of carbonyl (C=O) groups is 1. The molecule has 2 aliphatic rings. The smallest absolute Gasteiger partial charge is 0.283 e. The number of carbonyl (C=O) groups excluding carboxylic acids is 1. The largest absolute Gasteiger partial charge is 0.490 e. The maximum absolute atomic E-state index is 12.7. The molecule has 0 fully saturated rings. The molecule has 0 aromatic heterocycles. The molecule has 1 amide bonds. The second-order valence-corrected chi connectivity index (χ2v) is 9.09. The minimum absolute atomic E-state index is 0.0334. The van der Waals surface area contributed by atoms with Crippen molar-refractivity contribution in [2.75, 3.05) is 13.2 Å². The molecule has 0 atom stereocenters. The lowest BCUT2D eigenvalue weighted by molar-refractivity contribution is -0.384. The summed E-state index contributed by atoms with van der Waals surface area (Å²) in [5, 5.41) is 26.5. The number of nitrogens with zero attached hydrogens (tertiary/aromatic N) is 4. The summed E-state index contributed by atoms with van der Waals surface area (Å²) in [5.74, 6) is 0.303. The van der Waals surface area contributed by atoms with Crippen molar-refractivity contribution in [2.24, 2.45) is 10.1 Å². The summed E-state index contributed by atoms with van der Waals surface area (Å²) >= 11 is 1.24. The fourth-order valence-electron chi connectivity index (χ4n) is 3.65. The van der Waals surface area contributed by atoms with Crippen LogP contribution in [0.15, 0.2) is 52.1 Å². The Kier molecular flexibility index (Phi) is 7.49. The summed E-state index contributed by atoms with van der Waals surface area (Å²) in [4.78, 5) is 27.6. The van der Waals surface area contributed by atoms with E-state index in [9.17, 15) is 14.9 Å². The summed E-state index contributed by atoms with van der Waals surface area (Å²) in [6, 6.07) is 10.1. The van der Waals surface area contributed by atoms with E-state index >= 15 is 0 Å². The molecule has 0 aliphatic carbocycles. The highest BCUT2D eigenvalue weighted by molar-refractivity contribution is 8.26. The number of amidine groups is 2. The van der Waals surface area contributed by atoms with E-state index in [0.29, 0.717) is 17.3 Å². The summed E-state index contributed by atoms with van der Waals surface area (Å²) in [7, 11) is 0. The van der Waals surface area contributed by atoms with Crippen LogP contribution in [0.2, 0.25) is 0 Å². The third kappa shape index (κ3) is 5.46. The first kappa shape index (κ1) is 25.1. The van der Waals surface area contributed by atoms with Crippen LogP contribution < -0.4 is 9.47 Å². The summed E-state index contributed by atoms with van der Waals surface area (Å²) in [6.45, 7) is 6.43. The minimum Gasteiger partial charge on any atom is -0.490 e. The number of ether oxygens (including phenoxy) is 2. The number of rotatable bonds is 9. The van der Waals surface area contributed by atoms with Crippen LogP contribution >= 0.6 is 11.8 Å². The Morgan fingerprint density at radius 3 is 2.64 bits per heavy atom. The number of nitro groups is 1. The van der Waals surface area contributed by atoms with Gasteiger partial charge in [0.1, 0.15) is 29.8 Å². The Bertz CT molecular complexity index is 1330. The van der Waals surface area contributed by atoms with Crippen molar-refractivity contribution < 1.29 is 19.2 Å². The number of amides is 1. The van der Waals surface area contributed by atoms with Gasteiger partial charge in [-0.15, -0.1) is 0 Å². The molecule has 2 aromatic carbocycles. The number of fused-ring (bicyclic) bond motifs is 1. The molecule has 11 heteroatoms. The molecule has 0 saturated carbocycles. The quantitative estimate of drug-likeness (QED) is 0.220. The molecule has 0 bridgehead atoms. The zero-order valence-corrected chi connectivity index (χ0v) is 20.9. The first-order valence-corrected chi connectivity index (χ1v) is 12.2. The fraction of sp³-hybridized carbons (Fsp3) is 0.280. The van der Waals surface area contributed by atoms with Gasteiger partial charge in [0.15, 0.2) is 5.84 Å². The molecule has 0 unspecified atom stereocenters. The van der Waals surface area contributed by atoms with E-state index in [1.807, 2.05) is 26.0 Å². The Balaban J connectivity index is 1.55. The number of hydrazone groups is 1. The number of thioether (sulfide) groups is 1. The van der Waals surface area contributed by atoms with Crippen molar-refractivity contribution in [3.8, 4) is 11.5 Å². The lowest BCUT2D eigenvalue weighted by Crippen LogP contribution is -2.35. The van der Waals surface area contributed by atoms with Gasteiger partial charge in [0.2, 0.25) is 5.17 Å². The third-order valence-corrected chi connectivity index (χ3v) is 6.48. The molecule has 0 spiro atoms. The van der Waals surface area contributed by atoms with Gasteiger partial charge < -0.3 is 9.47 Å². The average Bonchev–Trinajstić information content (AvgIpc) is 3.27. The number of hydrogen-bond donors (Lipinski definition) is 1. The van der Waals surface area contributed by atoms with E-state index in [1.165, 1.54) is 46.6 Å². The number of aliphatic imine (C=N–C) groups is 1. The van der Waals surface area contributed by atoms with Gasteiger partial charge in [0.05, 0.1) is 10.5 Å². The van der Waals surface area contributed by atoms with Crippen LogP contribution in [0.1, 0.15) is 37.0 Å². The molecule has 186 valence electrons. The Morgan fingerprint density at radius 2 is 1.92 bits per heavy atom. The predicted molar refractivity (Wildman–Crippen MR) is 140 cm³/mol. The molecule has 1 N–H and O–H groups in total. The van der Waals surface area contributed by atoms with E-state index in [1.54, 1.807) is 0 Å². The van der Waals surface area contributed by atoms with Crippen molar-refractivity contribution in [2.45, 2.75) is 33.6 Å². The van der Waals surface area contributed by atoms with Gasteiger partial charge in [-0.1, -0.05) is 19.9 Å². The Labute approximate surface area is 212 Å².